The number of hydrazine groups is 1. The molecule has 0 fully saturated rings. The lowest BCUT2D eigenvalue weighted by molar-refractivity contribution is 0.111. The van der Waals surface area contributed by atoms with Crippen LogP contribution in [0.1, 0.15) is 24.9 Å². The van der Waals surface area contributed by atoms with Gasteiger partial charge in [0.1, 0.15) is 11.6 Å². The van der Waals surface area contributed by atoms with E-state index in [4.69, 9.17) is 10.6 Å². The first kappa shape index (κ1) is 13.0. The van der Waals surface area contributed by atoms with Crippen molar-refractivity contribution in [3.8, 4) is 0 Å². The molecular formula is C11H16F2N2O. The minimum absolute atomic E-state index is 0.179. The van der Waals surface area contributed by atoms with Crippen LogP contribution >= 0.6 is 0 Å². The molecule has 90 valence electrons. The summed E-state index contributed by atoms with van der Waals surface area (Å²) in [7, 11) is 0. The highest BCUT2D eigenvalue weighted by Crippen LogP contribution is 2.18. The van der Waals surface area contributed by atoms with Crippen molar-refractivity contribution in [1.82, 2.24) is 5.43 Å². The molecule has 1 aromatic rings. The first-order chi connectivity index (χ1) is 7.69. The summed E-state index contributed by atoms with van der Waals surface area (Å²) >= 11 is 0. The summed E-state index contributed by atoms with van der Waals surface area (Å²) < 4.78 is 31.6. The van der Waals surface area contributed by atoms with Crippen molar-refractivity contribution >= 4 is 0 Å². The van der Waals surface area contributed by atoms with Crippen molar-refractivity contribution < 1.29 is 13.5 Å². The quantitative estimate of drug-likeness (QED) is 0.446. The molecule has 0 radical (unpaired) electrons. The highest BCUT2D eigenvalue weighted by molar-refractivity contribution is 5.22. The van der Waals surface area contributed by atoms with Gasteiger partial charge in [-0.3, -0.25) is 11.3 Å². The van der Waals surface area contributed by atoms with E-state index in [2.05, 4.69) is 5.43 Å². The zero-order valence-corrected chi connectivity index (χ0v) is 9.17. The average Bonchev–Trinajstić information content (AvgIpc) is 2.28. The number of nitrogens with two attached hydrogens (primary N) is 1. The van der Waals surface area contributed by atoms with E-state index in [1.54, 1.807) is 0 Å². The third-order valence-corrected chi connectivity index (χ3v) is 2.17. The van der Waals surface area contributed by atoms with Gasteiger partial charge in [0.2, 0.25) is 0 Å². The average molecular weight is 230 g/mol. The van der Waals surface area contributed by atoms with E-state index in [0.29, 0.717) is 6.61 Å². The maximum Gasteiger partial charge on any atom is 0.128 e. The molecule has 0 aliphatic carbocycles. The fraction of sp³-hybridized carbons (Fsp3) is 0.455. The van der Waals surface area contributed by atoms with Crippen molar-refractivity contribution in [3.05, 3.63) is 35.4 Å². The Kier molecular flexibility index (Phi) is 5.31. The van der Waals surface area contributed by atoms with Crippen LogP contribution in [0, 0.1) is 11.6 Å². The molecule has 0 aromatic heterocycles. The van der Waals surface area contributed by atoms with Crippen molar-refractivity contribution in [3.63, 3.8) is 0 Å². The number of halogens is 2. The predicted molar refractivity (Wildman–Crippen MR) is 57.5 cm³/mol. The van der Waals surface area contributed by atoms with E-state index in [1.807, 2.05) is 6.92 Å². The third-order valence-electron chi connectivity index (χ3n) is 2.17. The molecular weight excluding hydrogens is 214 g/mol. The van der Waals surface area contributed by atoms with Gasteiger partial charge in [-0.2, -0.15) is 0 Å². The second-order valence-electron chi connectivity index (χ2n) is 3.46. The second-order valence-corrected chi connectivity index (χ2v) is 3.46. The van der Waals surface area contributed by atoms with Crippen LogP contribution in [0.2, 0.25) is 0 Å². The van der Waals surface area contributed by atoms with Crippen LogP contribution in [-0.4, -0.2) is 13.2 Å². The molecule has 0 saturated heterocycles. The van der Waals surface area contributed by atoms with Crippen LogP contribution in [0.4, 0.5) is 8.78 Å². The summed E-state index contributed by atoms with van der Waals surface area (Å²) in [5.41, 5.74) is 2.59. The molecule has 1 aromatic carbocycles. The van der Waals surface area contributed by atoms with Crippen LogP contribution in [0.5, 0.6) is 0 Å². The van der Waals surface area contributed by atoms with E-state index < -0.39 is 17.7 Å². The number of rotatable bonds is 6. The van der Waals surface area contributed by atoms with E-state index >= 15 is 0 Å². The van der Waals surface area contributed by atoms with E-state index in [9.17, 15) is 8.78 Å². The minimum atomic E-state index is -0.540. The van der Waals surface area contributed by atoms with Crippen molar-refractivity contribution in [1.29, 1.82) is 0 Å². The summed E-state index contributed by atoms with van der Waals surface area (Å²) in [6, 6.07) is 2.73. The Labute approximate surface area is 93.6 Å². The summed E-state index contributed by atoms with van der Waals surface area (Å²) in [6.07, 6.45) is 0.864. The largest absolute Gasteiger partial charge is 0.379 e. The summed E-state index contributed by atoms with van der Waals surface area (Å²) in [4.78, 5) is 0. The lowest BCUT2D eigenvalue weighted by Crippen LogP contribution is -2.32. The molecule has 1 unspecified atom stereocenters. The smallest absolute Gasteiger partial charge is 0.128 e. The van der Waals surface area contributed by atoms with Crippen LogP contribution in [0.15, 0.2) is 18.2 Å². The number of ether oxygens (including phenoxy) is 1. The summed E-state index contributed by atoms with van der Waals surface area (Å²) in [5, 5.41) is 0. The number of hydrogen-bond donors (Lipinski definition) is 2. The molecule has 5 heteroatoms. The Hall–Kier alpha value is -1.04. The van der Waals surface area contributed by atoms with Crippen molar-refractivity contribution in [2.24, 2.45) is 5.84 Å². The van der Waals surface area contributed by atoms with Gasteiger partial charge in [-0.15, -0.1) is 0 Å². The zero-order valence-electron chi connectivity index (χ0n) is 9.17. The van der Waals surface area contributed by atoms with Gasteiger partial charge < -0.3 is 4.74 Å². The van der Waals surface area contributed by atoms with Gasteiger partial charge in [-0.25, -0.2) is 8.78 Å². The minimum Gasteiger partial charge on any atom is -0.379 e. The van der Waals surface area contributed by atoms with Gasteiger partial charge in [-0.05, 0) is 24.6 Å². The van der Waals surface area contributed by atoms with Crippen molar-refractivity contribution in [2.75, 3.05) is 13.2 Å². The van der Waals surface area contributed by atoms with Crippen LogP contribution in [-0.2, 0) is 4.74 Å². The Morgan fingerprint density at radius 2 is 2.19 bits per heavy atom. The number of benzene rings is 1. The Morgan fingerprint density at radius 3 is 2.81 bits per heavy atom. The maximum atomic E-state index is 13.4. The zero-order chi connectivity index (χ0) is 12.0. The van der Waals surface area contributed by atoms with Gasteiger partial charge in [0, 0.05) is 12.2 Å². The predicted octanol–water partition coefficient (Wildman–Crippen LogP) is 1.90. The Bertz CT molecular complexity index is 334. The maximum absolute atomic E-state index is 13.4. The van der Waals surface area contributed by atoms with Gasteiger partial charge >= 0.3 is 0 Å². The molecule has 16 heavy (non-hydrogen) atoms. The summed E-state index contributed by atoms with van der Waals surface area (Å²) in [6.45, 7) is 2.74. The lowest BCUT2D eigenvalue weighted by atomic mass is 10.1. The Balaban J connectivity index is 2.73. The molecule has 0 spiro atoms. The first-order valence-corrected chi connectivity index (χ1v) is 5.17. The topological polar surface area (TPSA) is 47.3 Å². The van der Waals surface area contributed by atoms with Gasteiger partial charge in [0.15, 0.2) is 0 Å². The summed E-state index contributed by atoms with van der Waals surface area (Å²) in [5.74, 6) is 4.30. The number of nitrogens with one attached hydrogen (secondary N) is 1. The highest BCUT2D eigenvalue weighted by atomic mass is 19.1. The van der Waals surface area contributed by atoms with Crippen molar-refractivity contribution in [2.45, 2.75) is 19.4 Å². The molecule has 0 bridgehead atoms. The van der Waals surface area contributed by atoms with Gasteiger partial charge in [0.25, 0.3) is 0 Å². The van der Waals surface area contributed by atoms with Crippen LogP contribution < -0.4 is 11.3 Å². The van der Waals surface area contributed by atoms with E-state index in [1.165, 1.54) is 0 Å². The molecule has 0 aliphatic rings. The first-order valence-electron chi connectivity index (χ1n) is 5.17. The van der Waals surface area contributed by atoms with E-state index in [-0.39, 0.29) is 12.2 Å². The van der Waals surface area contributed by atoms with E-state index in [0.717, 1.165) is 24.6 Å². The standard InChI is InChI=1S/C11H16F2N2O/c1-2-5-16-7-11(15-14)9-6-8(12)3-4-10(9)13/h3-4,6,11,15H,2,5,7,14H2,1H3. The molecule has 3 nitrogen and oxygen atoms in total. The monoisotopic (exact) mass is 230 g/mol. The van der Waals surface area contributed by atoms with Gasteiger partial charge in [0.05, 0.1) is 12.6 Å². The lowest BCUT2D eigenvalue weighted by Gasteiger charge is -2.17. The Morgan fingerprint density at radius 1 is 1.44 bits per heavy atom. The fourth-order valence-electron chi connectivity index (χ4n) is 1.35. The molecule has 3 N–H and O–H groups in total. The molecule has 0 aliphatic heterocycles. The molecule has 1 atom stereocenters. The van der Waals surface area contributed by atoms with Crippen LogP contribution in [0.25, 0.3) is 0 Å². The molecule has 0 saturated carbocycles. The normalized spacial score (nSPS) is 12.8. The molecule has 0 amide bonds. The van der Waals surface area contributed by atoms with Crippen LogP contribution in [0.3, 0.4) is 0 Å². The SMILES string of the molecule is CCCOCC(NN)c1cc(F)ccc1F. The third kappa shape index (κ3) is 3.52. The highest BCUT2D eigenvalue weighted by Gasteiger charge is 2.15. The van der Waals surface area contributed by atoms with Gasteiger partial charge in [-0.1, -0.05) is 6.92 Å². The fourth-order valence-corrected chi connectivity index (χ4v) is 1.35. The second kappa shape index (κ2) is 6.52. The number of hydrogen-bond acceptors (Lipinski definition) is 3. The molecule has 0 heterocycles. The molecule has 1 rings (SSSR count).